The number of carbonyl (C=O) groups is 2. The molecule has 1 fully saturated rings. The summed E-state index contributed by atoms with van der Waals surface area (Å²) in [5.74, 6) is 0.509. The van der Waals surface area contributed by atoms with Crippen molar-refractivity contribution in [2.45, 2.75) is 12.8 Å². The first-order chi connectivity index (χ1) is 14.5. The van der Waals surface area contributed by atoms with Crippen LogP contribution in [0.3, 0.4) is 0 Å². The Morgan fingerprint density at radius 3 is 2.50 bits per heavy atom. The zero-order chi connectivity index (χ0) is 21.3. The largest absolute Gasteiger partial charge is 0.492 e. The number of ether oxygens (including phenoxy) is 2. The molecular formula is C20H22Cl2N4O4. The lowest BCUT2D eigenvalue weighted by atomic mass is 10.3. The van der Waals surface area contributed by atoms with Gasteiger partial charge in [0.15, 0.2) is 6.61 Å². The number of carbonyl (C=O) groups excluding carboxylic acids is 2. The van der Waals surface area contributed by atoms with Crippen molar-refractivity contribution in [3.8, 4) is 5.75 Å². The van der Waals surface area contributed by atoms with Gasteiger partial charge in [-0.25, -0.2) is 9.97 Å². The van der Waals surface area contributed by atoms with Gasteiger partial charge in [-0.2, -0.15) is 0 Å². The summed E-state index contributed by atoms with van der Waals surface area (Å²) in [5.41, 5.74) is 0. The van der Waals surface area contributed by atoms with E-state index < -0.39 is 5.97 Å². The molecule has 0 atom stereocenters. The van der Waals surface area contributed by atoms with Crippen molar-refractivity contribution >= 4 is 41.0 Å². The van der Waals surface area contributed by atoms with Gasteiger partial charge >= 0.3 is 5.97 Å². The van der Waals surface area contributed by atoms with Gasteiger partial charge in [-0.3, -0.25) is 9.59 Å². The number of benzene rings is 1. The molecule has 0 N–H and O–H groups in total. The summed E-state index contributed by atoms with van der Waals surface area (Å²) >= 11 is 11.9. The second-order valence-corrected chi connectivity index (χ2v) is 7.45. The third-order valence-corrected chi connectivity index (χ3v) is 5.03. The van der Waals surface area contributed by atoms with E-state index in [9.17, 15) is 9.59 Å². The van der Waals surface area contributed by atoms with Crippen LogP contribution in [0.5, 0.6) is 5.75 Å². The summed E-state index contributed by atoms with van der Waals surface area (Å²) in [6, 6.07) is 6.70. The lowest BCUT2D eigenvalue weighted by Gasteiger charge is -2.34. The lowest BCUT2D eigenvalue weighted by Crippen LogP contribution is -2.50. The number of hydrogen-bond donors (Lipinski definition) is 0. The normalized spacial score (nSPS) is 13.8. The topological polar surface area (TPSA) is 84.9 Å². The molecule has 160 valence electrons. The SMILES string of the molecule is O=C(CCCOc1ccc(Cl)cc1Cl)OCC(=O)N1CCN(c2ncccn2)CC1. The van der Waals surface area contributed by atoms with Gasteiger partial charge < -0.3 is 19.3 Å². The Morgan fingerprint density at radius 1 is 1.07 bits per heavy atom. The van der Waals surface area contributed by atoms with Crippen molar-refractivity contribution in [2.75, 3.05) is 44.3 Å². The highest BCUT2D eigenvalue weighted by molar-refractivity contribution is 6.35. The zero-order valence-corrected chi connectivity index (χ0v) is 17.8. The number of nitrogens with zero attached hydrogens (tertiary/aromatic N) is 4. The number of esters is 1. The van der Waals surface area contributed by atoms with Gasteiger partial charge in [-0.15, -0.1) is 0 Å². The molecule has 1 aromatic carbocycles. The zero-order valence-electron chi connectivity index (χ0n) is 16.3. The second-order valence-electron chi connectivity index (χ2n) is 6.60. The van der Waals surface area contributed by atoms with Gasteiger partial charge in [0.05, 0.1) is 11.6 Å². The molecule has 1 aliphatic rings. The van der Waals surface area contributed by atoms with Crippen molar-refractivity contribution in [1.82, 2.24) is 14.9 Å². The van der Waals surface area contributed by atoms with E-state index in [-0.39, 0.29) is 18.9 Å². The Hall–Kier alpha value is -2.58. The van der Waals surface area contributed by atoms with Gasteiger partial charge in [0.2, 0.25) is 5.95 Å². The molecule has 1 amide bonds. The van der Waals surface area contributed by atoms with Gasteiger partial charge in [0, 0.05) is 50.0 Å². The highest BCUT2D eigenvalue weighted by Gasteiger charge is 2.23. The van der Waals surface area contributed by atoms with E-state index in [4.69, 9.17) is 32.7 Å². The Bertz CT molecular complexity index is 861. The Labute approximate surface area is 184 Å². The lowest BCUT2D eigenvalue weighted by molar-refractivity contribution is -0.152. The van der Waals surface area contributed by atoms with Crippen molar-refractivity contribution in [3.63, 3.8) is 0 Å². The third kappa shape index (κ3) is 6.47. The van der Waals surface area contributed by atoms with Crippen molar-refractivity contribution in [3.05, 3.63) is 46.7 Å². The van der Waals surface area contributed by atoms with Crippen LogP contribution in [0.1, 0.15) is 12.8 Å². The van der Waals surface area contributed by atoms with Gasteiger partial charge in [0.1, 0.15) is 5.75 Å². The predicted molar refractivity (Wildman–Crippen MR) is 113 cm³/mol. The minimum Gasteiger partial charge on any atom is -0.492 e. The number of anilines is 1. The van der Waals surface area contributed by atoms with Crippen LogP contribution in [0.15, 0.2) is 36.7 Å². The molecule has 0 aliphatic carbocycles. The maximum absolute atomic E-state index is 12.3. The smallest absolute Gasteiger partial charge is 0.306 e. The van der Waals surface area contributed by atoms with Crippen LogP contribution in [0, 0.1) is 0 Å². The monoisotopic (exact) mass is 452 g/mol. The van der Waals surface area contributed by atoms with Crippen LogP contribution in [0.25, 0.3) is 0 Å². The molecule has 1 saturated heterocycles. The highest BCUT2D eigenvalue weighted by Crippen LogP contribution is 2.27. The molecule has 2 aromatic rings. The highest BCUT2D eigenvalue weighted by atomic mass is 35.5. The van der Waals surface area contributed by atoms with Gasteiger partial charge in [-0.1, -0.05) is 23.2 Å². The summed E-state index contributed by atoms with van der Waals surface area (Å²) in [4.78, 5) is 36.3. The number of rotatable bonds is 8. The fourth-order valence-corrected chi connectivity index (χ4v) is 3.37. The average Bonchev–Trinajstić information content (AvgIpc) is 2.77. The van der Waals surface area contributed by atoms with E-state index in [2.05, 4.69) is 9.97 Å². The molecule has 0 bridgehead atoms. The van der Waals surface area contributed by atoms with E-state index in [1.807, 2.05) is 4.90 Å². The van der Waals surface area contributed by atoms with Crippen LogP contribution in [-0.2, 0) is 14.3 Å². The van der Waals surface area contributed by atoms with Crippen LogP contribution in [0.4, 0.5) is 5.95 Å². The Kier molecular flexibility index (Phi) is 8.10. The average molecular weight is 453 g/mol. The summed E-state index contributed by atoms with van der Waals surface area (Å²) in [5, 5.41) is 0.935. The fourth-order valence-electron chi connectivity index (χ4n) is 2.91. The number of halogens is 2. The number of piperazine rings is 1. The van der Waals surface area contributed by atoms with Gasteiger partial charge in [-0.05, 0) is 30.7 Å². The molecule has 30 heavy (non-hydrogen) atoms. The minimum atomic E-state index is -0.439. The van der Waals surface area contributed by atoms with Crippen LogP contribution < -0.4 is 9.64 Å². The molecule has 1 aliphatic heterocycles. The Balaban J connectivity index is 1.30. The molecule has 0 spiro atoms. The maximum Gasteiger partial charge on any atom is 0.306 e. The van der Waals surface area contributed by atoms with Crippen molar-refractivity contribution in [1.29, 1.82) is 0 Å². The minimum absolute atomic E-state index is 0.150. The summed E-state index contributed by atoms with van der Waals surface area (Å²) in [7, 11) is 0. The van der Waals surface area contributed by atoms with Crippen molar-refractivity contribution in [2.24, 2.45) is 0 Å². The van der Waals surface area contributed by atoms with Gasteiger partial charge in [0.25, 0.3) is 5.91 Å². The standard InChI is InChI=1S/C20H22Cl2N4O4/c21-15-4-5-17(16(22)13-15)29-12-1-3-19(28)30-14-18(27)25-8-10-26(11-9-25)20-23-6-2-7-24-20/h2,4-7,13H,1,3,8-12,14H2. The van der Waals surface area contributed by atoms with E-state index in [1.54, 1.807) is 41.6 Å². The van der Waals surface area contributed by atoms with E-state index in [1.165, 1.54) is 0 Å². The maximum atomic E-state index is 12.3. The predicted octanol–water partition coefficient (Wildman–Crippen LogP) is 2.83. The Morgan fingerprint density at radius 2 is 1.80 bits per heavy atom. The summed E-state index contributed by atoms with van der Waals surface area (Å²) in [6.45, 7) is 2.37. The van der Waals surface area contributed by atoms with E-state index in [0.717, 1.165) is 0 Å². The quantitative estimate of drug-likeness (QED) is 0.449. The molecule has 1 aromatic heterocycles. The number of hydrogen-bond acceptors (Lipinski definition) is 7. The van der Waals surface area contributed by atoms with Crippen molar-refractivity contribution < 1.29 is 19.1 Å². The second kappa shape index (κ2) is 11.0. The first-order valence-corrected chi connectivity index (χ1v) is 10.3. The van der Waals surface area contributed by atoms with Crippen LogP contribution in [0.2, 0.25) is 10.0 Å². The summed E-state index contributed by atoms with van der Waals surface area (Å²) in [6.07, 6.45) is 3.97. The van der Waals surface area contributed by atoms with Crippen LogP contribution in [-0.4, -0.2) is 66.1 Å². The molecular weight excluding hydrogens is 431 g/mol. The van der Waals surface area contributed by atoms with E-state index in [0.29, 0.717) is 60.9 Å². The number of aromatic nitrogens is 2. The first kappa shape index (κ1) is 22.1. The molecule has 0 unspecified atom stereocenters. The summed E-state index contributed by atoms with van der Waals surface area (Å²) < 4.78 is 10.6. The van der Waals surface area contributed by atoms with E-state index >= 15 is 0 Å². The molecule has 3 rings (SSSR count). The molecule has 10 heteroatoms. The molecule has 0 radical (unpaired) electrons. The molecule has 0 saturated carbocycles. The fraction of sp³-hybridized carbons (Fsp3) is 0.400. The first-order valence-electron chi connectivity index (χ1n) is 9.56. The number of amides is 1. The molecule has 8 nitrogen and oxygen atoms in total. The van der Waals surface area contributed by atoms with Crippen LogP contribution >= 0.6 is 23.2 Å². The molecule has 2 heterocycles. The third-order valence-electron chi connectivity index (χ3n) is 4.50.